The molecule has 1 atom stereocenters. The molecule has 1 unspecified atom stereocenters. The summed E-state index contributed by atoms with van der Waals surface area (Å²) in [5.74, 6) is -0.394. The zero-order chi connectivity index (χ0) is 16.6. The van der Waals surface area contributed by atoms with E-state index in [2.05, 4.69) is 31.9 Å². The minimum Gasteiger partial charge on any atom is -0.320 e. The molecule has 1 fully saturated rings. The largest absolute Gasteiger partial charge is 0.320 e. The molecule has 3 aromatic rings. The van der Waals surface area contributed by atoms with Crippen LogP contribution in [0.25, 0.3) is 21.1 Å². The Morgan fingerprint density at radius 3 is 2.78 bits per heavy atom. The summed E-state index contributed by atoms with van der Waals surface area (Å²) in [5, 5.41) is 6.75. The van der Waals surface area contributed by atoms with Crippen molar-refractivity contribution in [1.29, 1.82) is 0 Å². The van der Waals surface area contributed by atoms with Gasteiger partial charge in [-0.2, -0.15) is 0 Å². The van der Waals surface area contributed by atoms with E-state index in [9.17, 15) is 9.59 Å². The lowest BCUT2D eigenvalue weighted by molar-refractivity contribution is -0.135. The number of carbonyl (C=O) groups excluding carboxylic acids is 2. The lowest BCUT2D eigenvalue weighted by Gasteiger charge is -2.23. The van der Waals surface area contributed by atoms with Crippen molar-refractivity contribution in [3.63, 3.8) is 0 Å². The van der Waals surface area contributed by atoms with Gasteiger partial charge in [-0.15, -0.1) is 11.3 Å². The lowest BCUT2D eigenvalue weighted by Crippen LogP contribution is -2.41. The maximum atomic E-state index is 12.2. The number of piperidine rings is 1. The first-order valence-electron chi connectivity index (χ1n) is 7.66. The average molecular weight is 393 g/mol. The zero-order valence-electron chi connectivity index (χ0n) is 12.9. The number of rotatable bonds is 1. The van der Waals surface area contributed by atoms with Crippen molar-refractivity contribution >= 4 is 60.2 Å². The van der Waals surface area contributed by atoms with Crippen LogP contribution in [-0.2, 0) is 9.59 Å². The molecular formula is C17H17BrN2O2S. The maximum Gasteiger partial charge on any atom is 0.249 e. The van der Waals surface area contributed by atoms with Gasteiger partial charge >= 0.3 is 0 Å². The second-order valence-corrected chi connectivity index (χ2v) is 6.86. The predicted molar refractivity (Wildman–Crippen MR) is 97.8 cm³/mol. The van der Waals surface area contributed by atoms with Crippen LogP contribution in [-0.4, -0.2) is 16.4 Å². The Hall–Kier alpha value is -1.66. The van der Waals surface area contributed by atoms with Gasteiger partial charge in [0.25, 0.3) is 0 Å². The number of carbonyl (C=O) groups is 2. The summed E-state index contributed by atoms with van der Waals surface area (Å²) in [4.78, 5) is 24.7. The van der Waals surface area contributed by atoms with Crippen molar-refractivity contribution in [3.05, 3.63) is 34.1 Å². The molecule has 0 aliphatic carbocycles. The summed E-state index contributed by atoms with van der Waals surface area (Å²) in [6.45, 7) is 4.00. The van der Waals surface area contributed by atoms with E-state index in [0.717, 1.165) is 25.6 Å². The monoisotopic (exact) mass is 392 g/mol. The van der Waals surface area contributed by atoms with Gasteiger partial charge in [0.1, 0.15) is 10.9 Å². The highest BCUT2D eigenvalue weighted by molar-refractivity contribution is 9.10. The van der Waals surface area contributed by atoms with Gasteiger partial charge < -0.3 is 4.57 Å². The highest BCUT2D eigenvalue weighted by Crippen LogP contribution is 2.40. The molecule has 1 saturated heterocycles. The van der Waals surface area contributed by atoms with E-state index >= 15 is 0 Å². The molecule has 120 valence electrons. The molecule has 4 rings (SSSR count). The van der Waals surface area contributed by atoms with Crippen LogP contribution in [0.2, 0.25) is 0 Å². The Morgan fingerprint density at radius 2 is 2.04 bits per heavy atom. The van der Waals surface area contributed by atoms with Crippen LogP contribution in [0.1, 0.15) is 32.7 Å². The van der Waals surface area contributed by atoms with Crippen molar-refractivity contribution in [1.82, 2.24) is 9.88 Å². The number of hydrogen-bond donors (Lipinski definition) is 1. The number of aromatic nitrogens is 1. The molecule has 0 saturated carbocycles. The molecule has 0 radical (unpaired) electrons. The van der Waals surface area contributed by atoms with Crippen LogP contribution in [0.15, 0.2) is 34.1 Å². The second-order valence-electron chi connectivity index (χ2n) is 5.11. The van der Waals surface area contributed by atoms with Crippen LogP contribution in [0.5, 0.6) is 0 Å². The summed E-state index contributed by atoms with van der Waals surface area (Å²) < 4.78 is 3.09. The molecule has 2 amide bonds. The lowest BCUT2D eigenvalue weighted by atomic mass is 10.1. The Morgan fingerprint density at radius 1 is 1.26 bits per heavy atom. The van der Waals surface area contributed by atoms with E-state index in [1.54, 1.807) is 11.3 Å². The number of thiophene rings is 1. The zero-order valence-corrected chi connectivity index (χ0v) is 15.3. The van der Waals surface area contributed by atoms with Gasteiger partial charge in [-0.25, -0.2) is 0 Å². The standard InChI is InChI=1S/C15H11BrN2O2S.C2H6/c16-9-2-1-3-10-13(9)8-6-7-21-15(8)18(10)11-4-5-12(19)17-14(11)20;1-2/h1-3,6-7,11H,4-5H2,(H,17,19,20);1-2H3. The van der Waals surface area contributed by atoms with E-state index in [1.807, 2.05) is 37.4 Å². The second kappa shape index (κ2) is 6.45. The van der Waals surface area contributed by atoms with E-state index in [1.165, 1.54) is 0 Å². The van der Waals surface area contributed by atoms with Crippen molar-refractivity contribution in [2.45, 2.75) is 32.7 Å². The van der Waals surface area contributed by atoms with E-state index in [0.29, 0.717) is 12.8 Å². The van der Waals surface area contributed by atoms with Crippen LogP contribution >= 0.6 is 27.3 Å². The first kappa shape index (κ1) is 16.2. The van der Waals surface area contributed by atoms with Crippen LogP contribution < -0.4 is 5.32 Å². The summed E-state index contributed by atoms with van der Waals surface area (Å²) in [6, 6.07) is 7.76. The van der Waals surface area contributed by atoms with Gasteiger partial charge in [-0.3, -0.25) is 14.9 Å². The van der Waals surface area contributed by atoms with E-state index in [4.69, 9.17) is 0 Å². The molecule has 1 aliphatic rings. The molecular weight excluding hydrogens is 376 g/mol. The number of amides is 2. The minimum atomic E-state index is -0.323. The average Bonchev–Trinajstić information content (AvgIpc) is 3.11. The Balaban J connectivity index is 0.000000753. The fraction of sp³-hybridized carbons (Fsp3) is 0.294. The molecule has 1 N–H and O–H groups in total. The molecule has 4 nitrogen and oxygen atoms in total. The topological polar surface area (TPSA) is 51.1 Å². The summed E-state index contributed by atoms with van der Waals surface area (Å²) in [5.41, 5.74) is 1.03. The number of hydrogen-bond acceptors (Lipinski definition) is 3. The van der Waals surface area contributed by atoms with Crippen LogP contribution in [0, 0.1) is 0 Å². The first-order chi connectivity index (χ1) is 11.2. The van der Waals surface area contributed by atoms with Gasteiger partial charge in [-0.05, 0) is 30.0 Å². The number of nitrogens with one attached hydrogen (secondary N) is 1. The van der Waals surface area contributed by atoms with Crippen LogP contribution in [0.4, 0.5) is 0 Å². The predicted octanol–water partition coefficient (Wildman–Crippen LogP) is 4.62. The number of imide groups is 1. The molecule has 1 aromatic carbocycles. The van der Waals surface area contributed by atoms with Crippen LogP contribution in [0.3, 0.4) is 0 Å². The Bertz CT molecular complexity index is 897. The van der Waals surface area contributed by atoms with Gasteiger partial charge in [0.2, 0.25) is 11.8 Å². The molecule has 1 aliphatic heterocycles. The Kier molecular flexibility index (Phi) is 4.55. The molecule has 2 aromatic heterocycles. The van der Waals surface area contributed by atoms with Gasteiger partial charge in [-0.1, -0.05) is 35.8 Å². The fourth-order valence-corrected chi connectivity index (χ4v) is 4.54. The summed E-state index contributed by atoms with van der Waals surface area (Å²) in [7, 11) is 0. The molecule has 0 spiro atoms. The minimum absolute atomic E-state index is 0.184. The summed E-state index contributed by atoms with van der Waals surface area (Å²) >= 11 is 5.22. The molecule has 0 bridgehead atoms. The SMILES string of the molecule is CC.O=C1CCC(n2c3cccc(Br)c3c3ccsc32)C(=O)N1. The Labute approximate surface area is 146 Å². The van der Waals surface area contributed by atoms with Crippen molar-refractivity contribution in [2.24, 2.45) is 0 Å². The maximum absolute atomic E-state index is 12.2. The highest BCUT2D eigenvalue weighted by atomic mass is 79.9. The number of fused-ring (bicyclic) bond motifs is 3. The number of nitrogens with zero attached hydrogens (tertiary/aromatic N) is 1. The third kappa shape index (κ3) is 2.60. The molecule has 23 heavy (non-hydrogen) atoms. The fourth-order valence-electron chi connectivity index (χ4n) is 3.01. The van der Waals surface area contributed by atoms with E-state index in [-0.39, 0.29) is 17.9 Å². The normalized spacial score (nSPS) is 18.0. The number of halogens is 1. The van der Waals surface area contributed by atoms with Gasteiger partial charge in [0, 0.05) is 21.7 Å². The third-order valence-electron chi connectivity index (χ3n) is 3.91. The smallest absolute Gasteiger partial charge is 0.249 e. The van der Waals surface area contributed by atoms with Crippen molar-refractivity contribution < 1.29 is 9.59 Å². The van der Waals surface area contributed by atoms with E-state index < -0.39 is 0 Å². The third-order valence-corrected chi connectivity index (χ3v) is 5.48. The van der Waals surface area contributed by atoms with Crippen molar-refractivity contribution in [2.75, 3.05) is 0 Å². The van der Waals surface area contributed by atoms with Gasteiger partial charge in [0.05, 0.1) is 5.52 Å². The summed E-state index contributed by atoms with van der Waals surface area (Å²) in [6.07, 6.45) is 0.935. The van der Waals surface area contributed by atoms with Crippen molar-refractivity contribution in [3.8, 4) is 0 Å². The quantitative estimate of drug-likeness (QED) is 0.614. The molecule has 6 heteroatoms. The molecule has 3 heterocycles. The number of benzene rings is 1. The van der Waals surface area contributed by atoms with Gasteiger partial charge in [0.15, 0.2) is 0 Å². The first-order valence-corrected chi connectivity index (χ1v) is 9.33. The highest BCUT2D eigenvalue weighted by Gasteiger charge is 2.31.